The molecule has 0 fully saturated rings. The molecule has 0 spiro atoms. The van der Waals surface area contributed by atoms with Crippen molar-refractivity contribution in [3.8, 4) is 0 Å². The van der Waals surface area contributed by atoms with Crippen molar-refractivity contribution in [2.24, 2.45) is 5.41 Å². The van der Waals surface area contributed by atoms with Crippen molar-refractivity contribution in [2.75, 3.05) is 0 Å². The molecule has 0 aromatic heterocycles. The molecule has 0 saturated carbocycles. The summed E-state index contributed by atoms with van der Waals surface area (Å²) < 4.78 is 0. The molecule has 0 aliphatic rings. The van der Waals surface area contributed by atoms with Gasteiger partial charge < -0.3 is 5.32 Å². The second kappa shape index (κ2) is 8.22. The molecule has 142 valence electrons. The molecule has 1 atom stereocenters. The van der Waals surface area contributed by atoms with Crippen LogP contribution >= 0.6 is 12.2 Å². The van der Waals surface area contributed by atoms with Gasteiger partial charge in [0.15, 0.2) is 0 Å². The lowest BCUT2D eigenvalue weighted by atomic mass is 9.93. The van der Waals surface area contributed by atoms with Crippen LogP contribution in [0.1, 0.15) is 37.9 Å². The highest BCUT2D eigenvalue weighted by Gasteiger charge is 2.22. The average Bonchev–Trinajstić information content (AvgIpc) is 2.60. The van der Waals surface area contributed by atoms with Gasteiger partial charge in [0, 0.05) is 29.7 Å². The van der Waals surface area contributed by atoms with Crippen molar-refractivity contribution in [2.45, 2.75) is 33.2 Å². The van der Waals surface area contributed by atoms with Crippen molar-refractivity contribution < 1.29 is 9.85 Å². The zero-order valence-corrected chi connectivity index (χ0v) is 16.2. The van der Waals surface area contributed by atoms with Crippen LogP contribution in [0.2, 0.25) is 0 Å². The fourth-order valence-corrected chi connectivity index (χ4v) is 2.59. The fourth-order valence-electron chi connectivity index (χ4n) is 2.44. The zero-order chi connectivity index (χ0) is 20.2. The predicted octanol–water partition coefficient (Wildman–Crippen LogP) is 4.75. The first-order valence-electron chi connectivity index (χ1n) is 8.36. The van der Waals surface area contributed by atoms with E-state index in [1.54, 1.807) is 24.3 Å². The van der Waals surface area contributed by atoms with Crippen LogP contribution in [-0.4, -0.2) is 14.8 Å². The zero-order valence-electron chi connectivity index (χ0n) is 15.3. The quantitative estimate of drug-likeness (QED) is 0.436. The molecule has 2 aromatic carbocycles. The number of nitro benzene ring substituents is 2. The molecule has 7 nitrogen and oxygen atoms in total. The van der Waals surface area contributed by atoms with Gasteiger partial charge in [-0.2, -0.15) is 0 Å². The number of non-ortho nitro benzene ring substituents is 2. The summed E-state index contributed by atoms with van der Waals surface area (Å²) in [4.78, 5) is 21.5. The number of nitro groups is 2. The van der Waals surface area contributed by atoms with Gasteiger partial charge in [-0.15, -0.1) is 0 Å². The third kappa shape index (κ3) is 5.55. The van der Waals surface area contributed by atoms with Crippen LogP contribution in [0.5, 0.6) is 0 Å². The van der Waals surface area contributed by atoms with Gasteiger partial charge in [-0.25, -0.2) is 0 Å². The van der Waals surface area contributed by atoms with E-state index in [1.807, 2.05) is 20.8 Å². The van der Waals surface area contributed by atoms with Gasteiger partial charge in [-0.05, 0) is 17.5 Å². The number of rotatable bonds is 6. The molecule has 0 aliphatic carbocycles. The predicted molar refractivity (Wildman–Crippen MR) is 108 cm³/mol. The summed E-state index contributed by atoms with van der Waals surface area (Å²) in [5.41, 5.74) is 1.57. The SMILES string of the molecule is CC(C)(C)C(=S)NC(Cc1ccc([N+](=O)[O-])cc1)c1ccc([N+](=O)[O-])cc1. The average molecular weight is 387 g/mol. The van der Waals surface area contributed by atoms with Crippen molar-refractivity contribution in [3.05, 3.63) is 79.9 Å². The van der Waals surface area contributed by atoms with Gasteiger partial charge in [0.25, 0.3) is 11.4 Å². The maximum atomic E-state index is 10.9. The third-order valence-corrected chi connectivity index (χ3v) is 4.81. The smallest absolute Gasteiger partial charge is 0.269 e. The summed E-state index contributed by atoms with van der Waals surface area (Å²) in [6, 6.07) is 12.4. The molecule has 2 aromatic rings. The molecule has 0 amide bonds. The normalized spacial score (nSPS) is 12.3. The topological polar surface area (TPSA) is 98.3 Å². The van der Waals surface area contributed by atoms with Gasteiger partial charge in [0.05, 0.1) is 20.9 Å². The van der Waals surface area contributed by atoms with E-state index in [1.165, 1.54) is 24.3 Å². The summed E-state index contributed by atoms with van der Waals surface area (Å²) in [6.07, 6.45) is 0.534. The lowest BCUT2D eigenvalue weighted by Crippen LogP contribution is -2.36. The van der Waals surface area contributed by atoms with Crippen molar-refractivity contribution in [1.82, 2.24) is 5.32 Å². The number of benzene rings is 2. The van der Waals surface area contributed by atoms with E-state index >= 15 is 0 Å². The molecule has 8 heteroatoms. The van der Waals surface area contributed by atoms with E-state index in [0.717, 1.165) is 11.1 Å². The highest BCUT2D eigenvalue weighted by Crippen LogP contribution is 2.25. The van der Waals surface area contributed by atoms with Crippen LogP contribution in [0.4, 0.5) is 11.4 Å². The molecule has 0 heterocycles. The Morgan fingerprint density at radius 3 is 1.81 bits per heavy atom. The first-order chi connectivity index (χ1) is 12.6. The van der Waals surface area contributed by atoms with E-state index in [2.05, 4.69) is 5.32 Å². The highest BCUT2D eigenvalue weighted by atomic mass is 32.1. The Bertz CT molecular complexity index is 843. The lowest BCUT2D eigenvalue weighted by Gasteiger charge is -2.27. The van der Waals surface area contributed by atoms with Gasteiger partial charge >= 0.3 is 0 Å². The van der Waals surface area contributed by atoms with Crippen molar-refractivity contribution in [1.29, 1.82) is 0 Å². The molecular formula is C19H21N3O4S. The Kier molecular flexibility index (Phi) is 6.22. The second-order valence-corrected chi connectivity index (χ2v) is 7.66. The first-order valence-corrected chi connectivity index (χ1v) is 8.77. The minimum atomic E-state index is -0.442. The van der Waals surface area contributed by atoms with Crippen LogP contribution in [0.25, 0.3) is 0 Å². The maximum absolute atomic E-state index is 10.9. The Morgan fingerprint density at radius 2 is 1.41 bits per heavy atom. The summed E-state index contributed by atoms with van der Waals surface area (Å²) in [6.45, 7) is 6.00. The molecule has 0 radical (unpaired) electrons. The summed E-state index contributed by atoms with van der Waals surface area (Å²) in [5.74, 6) is 0. The van der Waals surface area contributed by atoms with Gasteiger partial charge in [0.2, 0.25) is 0 Å². The van der Waals surface area contributed by atoms with Gasteiger partial charge in [-0.1, -0.05) is 57.3 Å². The third-order valence-electron chi connectivity index (χ3n) is 4.08. The number of nitrogens with zero attached hydrogens (tertiary/aromatic N) is 2. The lowest BCUT2D eigenvalue weighted by molar-refractivity contribution is -0.385. The highest BCUT2D eigenvalue weighted by molar-refractivity contribution is 7.80. The van der Waals surface area contributed by atoms with Gasteiger partial charge in [-0.3, -0.25) is 20.2 Å². The van der Waals surface area contributed by atoms with Crippen molar-refractivity contribution >= 4 is 28.6 Å². The maximum Gasteiger partial charge on any atom is 0.269 e. The van der Waals surface area contributed by atoms with E-state index in [4.69, 9.17) is 12.2 Å². The summed E-state index contributed by atoms with van der Waals surface area (Å²) >= 11 is 5.50. The van der Waals surface area contributed by atoms with E-state index < -0.39 is 9.85 Å². The summed E-state index contributed by atoms with van der Waals surface area (Å²) in [7, 11) is 0. The number of thiocarbonyl (C=S) groups is 1. The number of hydrogen-bond acceptors (Lipinski definition) is 5. The molecular weight excluding hydrogens is 366 g/mol. The second-order valence-electron chi connectivity index (χ2n) is 7.25. The first kappa shape index (κ1) is 20.4. The minimum absolute atomic E-state index is 0.0197. The Hall–Kier alpha value is -2.87. The standard InChI is InChI=1S/C19H21N3O4S/c1-19(2,3)18(27)20-17(14-6-10-16(11-7-14)22(25)26)12-13-4-8-15(9-5-13)21(23)24/h4-11,17H,12H2,1-3H3,(H,20,27). The Morgan fingerprint density at radius 1 is 0.963 bits per heavy atom. The van der Waals surface area contributed by atoms with Crippen LogP contribution in [0.15, 0.2) is 48.5 Å². The minimum Gasteiger partial charge on any atom is -0.372 e. The van der Waals surface area contributed by atoms with E-state index in [0.29, 0.717) is 11.4 Å². The number of hydrogen-bond donors (Lipinski definition) is 1. The molecule has 27 heavy (non-hydrogen) atoms. The van der Waals surface area contributed by atoms with Crippen molar-refractivity contribution in [3.63, 3.8) is 0 Å². The van der Waals surface area contributed by atoms with Crippen LogP contribution in [-0.2, 0) is 6.42 Å². The largest absolute Gasteiger partial charge is 0.372 e. The molecule has 0 saturated heterocycles. The van der Waals surface area contributed by atoms with Crippen LogP contribution < -0.4 is 5.32 Å². The molecule has 0 aliphatic heterocycles. The molecule has 1 N–H and O–H groups in total. The summed E-state index contributed by atoms with van der Waals surface area (Å²) in [5, 5.41) is 25.0. The van der Waals surface area contributed by atoms with E-state index in [9.17, 15) is 20.2 Å². The Labute approximate surface area is 162 Å². The molecule has 1 unspecified atom stereocenters. The Balaban J connectivity index is 2.29. The van der Waals surface area contributed by atoms with Crippen LogP contribution in [0, 0.1) is 25.6 Å². The van der Waals surface area contributed by atoms with E-state index in [-0.39, 0.29) is 22.8 Å². The fraction of sp³-hybridized carbons (Fsp3) is 0.316. The monoisotopic (exact) mass is 387 g/mol. The number of nitrogens with one attached hydrogen (secondary N) is 1. The van der Waals surface area contributed by atoms with Gasteiger partial charge in [0.1, 0.15) is 0 Å². The molecule has 0 bridgehead atoms. The van der Waals surface area contributed by atoms with Crippen LogP contribution in [0.3, 0.4) is 0 Å². The molecule has 2 rings (SSSR count).